The number of rotatable bonds is 9. The maximum Gasteiger partial charge on any atom is 0.244 e. The fourth-order valence-corrected chi connectivity index (χ4v) is 4.52. The first-order chi connectivity index (χ1) is 15.8. The van der Waals surface area contributed by atoms with Crippen LogP contribution < -0.4 is 10.1 Å². The molecule has 0 spiro atoms. The van der Waals surface area contributed by atoms with E-state index < -0.39 is 0 Å². The molecule has 1 amide bonds. The molecule has 4 rings (SSSR count). The van der Waals surface area contributed by atoms with E-state index >= 15 is 0 Å². The van der Waals surface area contributed by atoms with E-state index in [-0.39, 0.29) is 11.9 Å². The highest BCUT2D eigenvalue weighted by molar-refractivity contribution is 7.10. The smallest absolute Gasteiger partial charge is 0.244 e. The molecular weight excluding hydrogens is 420 g/mol. The number of ether oxygens (including phenoxy) is 2. The number of nitrogens with one attached hydrogen (secondary N) is 1. The first-order valence-electron chi connectivity index (χ1n) is 10.9. The maximum atomic E-state index is 12.5. The molecule has 0 bridgehead atoms. The fraction of sp³-hybridized carbons (Fsp3) is 0.269. The van der Waals surface area contributed by atoms with Gasteiger partial charge in [0.25, 0.3) is 0 Å². The molecule has 1 aliphatic heterocycles. The molecule has 32 heavy (non-hydrogen) atoms. The van der Waals surface area contributed by atoms with E-state index in [4.69, 9.17) is 9.47 Å². The zero-order valence-electron chi connectivity index (χ0n) is 18.0. The zero-order valence-corrected chi connectivity index (χ0v) is 18.8. The summed E-state index contributed by atoms with van der Waals surface area (Å²) in [7, 11) is 0. The third-order valence-corrected chi connectivity index (χ3v) is 6.33. The summed E-state index contributed by atoms with van der Waals surface area (Å²) in [6, 6.07) is 22.2. The molecular formula is C26H28N2O3S. The summed E-state index contributed by atoms with van der Waals surface area (Å²) in [6.07, 6.45) is 3.40. The number of thiophene rings is 1. The highest BCUT2D eigenvalue weighted by Gasteiger charge is 2.23. The van der Waals surface area contributed by atoms with E-state index in [1.54, 1.807) is 17.4 Å². The van der Waals surface area contributed by atoms with Gasteiger partial charge in [-0.25, -0.2) is 0 Å². The molecule has 3 aromatic rings. The largest absolute Gasteiger partial charge is 0.489 e. The van der Waals surface area contributed by atoms with Crippen molar-refractivity contribution in [3.8, 4) is 5.75 Å². The second-order valence-corrected chi connectivity index (χ2v) is 8.58. The Morgan fingerprint density at radius 2 is 1.94 bits per heavy atom. The summed E-state index contributed by atoms with van der Waals surface area (Å²) in [6.45, 7) is 4.31. The topological polar surface area (TPSA) is 50.8 Å². The molecule has 0 radical (unpaired) electrons. The maximum absolute atomic E-state index is 12.5. The molecule has 6 heteroatoms. The summed E-state index contributed by atoms with van der Waals surface area (Å²) in [5.74, 6) is 0.678. The molecule has 1 unspecified atom stereocenters. The van der Waals surface area contributed by atoms with Crippen LogP contribution in [0, 0.1) is 0 Å². The van der Waals surface area contributed by atoms with Crippen molar-refractivity contribution >= 4 is 23.3 Å². The number of carbonyl (C=O) groups excluding carboxylic acids is 1. The van der Waals surface area contributed by atoms with Gasteiger partial charge in [-0.05, 0) is 40.8 Å². The second-order valence-electron chi connectivity index (χ2n) is 7.60. The molecule has 0 aliphatic carbocycles. The minimum atomic E-state index is -0.101. The fourth-order valence-electron chi connectivity index (χ4n) is 3.66. The predicted octanol–water partition coefficient (Wildman–Crippen LogP) is 4.53. The van der Waals surface area contributed by atoms with Gasteiger partial charge >= 0.3 is 0 Å². The molecule has 2 aromatic carbocycles. The normalized spacial score (nSPS) is 15.5. The average molecular weight is 449 g/mol. The van der Waals surface area contributed by atoms with Crippen molar-refractivity contribution in [3.05, 3.63) is 94.2 Å². The SMILES string of the molecule is O=C(/C=C/c1cccc(OCc2ccccc2)c1)NCC(c1cccs1)N1CCOCC1. The summed E-state index contributed by atoms with van der Waals surface area (Å²) in [4.78, 5) is 16.1. The molecule has 1 aliphatic rings. The van der Waals surface area contributed by atoms with Crippen molar-refractivity contribution in [2.75, 3.05) is 32.8 Å². The van der Waals surface area contributed by atoms with E-state index in [1.165, 1.54) is 4.88 Å². The molecule has 0 saturated carbocycles. The second kappa shape index (κ2) is 11.6. The van der Waals surface area contributed by atoms with Gasteiger partial charge in [0.05, 0.1) is 19.3 Å². The lowest BCUT2D eigenvalue weighted by atomic mass is 10.1. The Labute approximate surface area is 193 Å². The Bertz CT molecular complexity index is 999. The van der Waals surface area contributed by atoms with Crippen molar-refractivity contribution in [1.82, 2.24) is 10.2 Å². The number of hydrogen-bond acceptors (Lipinski definition) is 5. The predicted molar refractivity (Wildman–Crippen MR) is 129 cm³/mol. The van der Waals surface area contributed by atoms with Crippen LogP contribution >= 0.6 is 11.3 Å². The van der Waals surface area contributed by atoms with E-state index in [2.05, 4.69) is 27.7 Å². The van der Waals surface area contributed by atoms with Gasteiger partial charge in [-0.1, -0.05) is 48.5 Å². The number of amides is 1. The van der Waals surface area contributed by atoms with Crippen LogP contribution in [0.3, 0.4) is 0 Å². The van der Waals surface area contributed by atoms with Crippen LogP contribution in [0.25, 0.3) is 6.08 Å². The van der Waals surface area contributed by atoms with Gasteiger partial charge in [-0.3, -0.25) is 9.69 Å². The van der Waals surface area contributed by atoms with Crippen LogP contribution in [0.5, 0.6) is 5.75 Å². The Balaban J connectivity index is 1.31. The van der Waals surface area contributed by atoms with Crippen LogP contribution in [0.2, 0.25) is 0 Å². The van der Waals surface area contributed by atoms with Gasteiger partial charge in [0.15, 0.2) is 0 Å². The van der Waals surface area contributed by atoms with Crippen molar-refractivity contribution in [3.63, 3.8) is 0 Å². The molecule has 1 N–H and O–H groups in total. The van der Waals surface area contributed by atoms with Crippen LogP contribution in [-0.4, -0.2) is 43.7 Å². The summed E-state index contributed by atoms with van der Waals surface area (Å²) in [5.41, 5.74) is 2.04. The van der Waals surface area contributed by atoms with Gasteiger partial charge in [-0.2, -0.15) is 0 Å². The minimum absolute atomic E-state index is 0.101. The molecule has 1 saturated heterocycles. The standard InChI is InChI=1S/C26H28N2O3S/c29-26(27-19-24(25-10-5-17-32-25)28-13-15-30-16-14-28)12-11-21-8-4-9-23(18-21)31-20-22-6-2-1-3-7-22/h1-12,17-18,24H,13-16,19-20H2,(H,27,29)/b12-11+. The third-order valence-electron chi connectivity index (χ3n) is 5.36. The Morgan fingerprint density at radius 1 is 1.09 bits per heavy atom. The van der Waals surface area contributed by atoms with Gasteiger partial charge in [0.1, 0.15) is 12.4 Å². The number of carbonyl (C=O) groups is 1. The zero-order chi connectivity index (χ0) is 22.0. The Hall–Kier alpha value is -2.93. The Kier molecular flexibility index (Phi) is 8.09. The molecule has 1 aromatic heterocycles. The number of nitrogens with zero attached hydrogens (tertiary/aromatic N) is 1. The van der Waals surface area contributed by atoms with E-state index in [1.807, 2.05) is 60.7 Å². The first-order valence-corrected chi connectivity index (χ1v) is 11.7. The lowest BCUT2D eigenvalue weighted by Crippen LogP contribution is -2.43. The number of benzene rings is 2. The monoisotopic (exact) mass is 448 g/mol. The average Bonchev–Trinajstić information content (AvgIpc) is 3.38. The van der Waals surface area contributed by atoms with Crippen LogP contribution in [-0.2, 0) is 16.1 Å². The third kappa shape index (κ3) is 6.53. The summed E-state index contributed by atoms with van der Waals surface area (Å²) in [5, 5.41) is 5.15. The minimum Gasteiger partial charge on any atom is -0.489 e. The van der Waals surface area contributed by atoms with Crippen LogP contribution in [0.15, 0.2) is 78.2 Å². The highest BCUT2D eigenvalue weighted by atomic mass is 32.1. The molecule has 5 nitrogen and oxygen atoms in total. The van der Waals surface area contributed by atoms with Crippen molar-refractivity contribution in [2.45, 2.75) is 12.6 Å². The lowest BCUT2D eigenvalue weighted by molar-refractivity contribution is -0.116. The lowest BCUT2D eigenvalue weighted by Gasteiger charge is -2.34. The van der Waals surface area contributed by atoms with E-state index in [9.17, 15) is 4.79 Å². The van der Waals surface area contributed by atoms with E-state index in [0.717, 1.165) is 43.2 Å². The van der Waals surface area contributed by atoms with Gasteiger partial charge in [0.2, 0.25) is 5.91 Å². The highest BCUT2D eigenvalue weighted by Crippen LogP contribution is 2.25. The summed E-state index contributed by atoms with van der Waals surface area (Å²) < 4.78 is 11.4. The van der Waals surface area contributed by atoms with Crippen molar-refractivity contribution in [2.24, 2.45) is 0 Å². The van der Waals surface area contributed by atoms with Gasteiger partial charge < -0.3 is 14.8 Å². The quantitative estimate of drug-likeness (QED) is 0.489. The molecule has 2 heterocycles. The first kappa shape index (κ1) is 22.3. The number of morpholine rings is 1. The van der Waals surface area contributed by atoms with Crippen molar-refractivity contribution < 1.29 is 14.3 Å². The van der Waals surface area contributed by atoms with Crippen LogP contribution in [0.4, 0.5) is 0 Å². The van der Waals surface area contributed by atoms with Crippen molar-refractivity contribution in [1.29, 1.82) is 0 Å². The molecule has 1 atom stereocenters. The van der Waals surface area contributed by atoms with E-state index in [0.29, 0.717) is 13.2 Å². The Morgan fingerprint density at radius 3 is 2.72 bits per heavy atom. The summed E-state index contributed by atoms with van der Waals surface area (Å²) >= 11 is 1.73. The van der Waals surface area contributed by atoms with Gasteiger partial charge in [-0.15, -0.1) is 11.3 Å². The number of hydrogen-bond donors (Lipinski definition) is 1. The molecule has 166 valence electrons. The van der Waals surface area contributed by atoms with Gasteiger partial charge in [0, 0.05) is 30.6 Å². The molecule has 1 fully saturated rings. The van der Waals surface area contributed by atoms with Crippen LogP contribution in [0.1, 0.15) is 22.0 Å².